The van der Waals surface area contributed by atoms with E-state index in [4.69, 9.17) is 9.63 Å². The second-order valence-corrected chi connectivity index (χ2v) is 3.63. The quantitative estimate of drug-likeness (QED) is 0.743. The summed E-state index contributed by atoms with van der Waals surface area (Å²) in [6.45, 7) is 3.75. The van der Waals surface area contributed by atoms with Crippen LogP contribution < -0.4 is 5.32 Å². The Kier molecular flexibility index (Phi) is 5.09. The van der Waals surface area contributed by atoms with Gasteiger partial charge in [0.1, 0.15) is 6.54 Å². The molecule has 2 N–H and O–H groups in total. The summed E-state index contributed by atoms with van der Waals surface area (Å²) in [6.07, 6.45) is 0.414. The number of likely N-dealkylation sites (N-methyl/N-ethyl adjacent to an activating group) is 1. The van der Waals surface area contributed by atoms with Crippen LogP contribution in [0.3, 0.4) is 0 Å². The van der Waals surface area contributed by atoms with Crippen LogP contribution in [0.2, 0.25) is 0 Å². The average Bonchev–Trinajstić information content (AvgIpc) is 2.71. The van der Waals surface area contributed by atoms with Gasteiger partial charge in [-0.15, -0.1) is 0 Å². The number of urea groups is 1. The number of aromatic nitrogens is 2. The zero-order chi connectivity index (χ0) is 13.5. The number of carbonyl (C=O) groups excluding carboxylic acids is 1. The number of hydrogen-bond donors (Lipinski definition) is 2. The van der Waals surface area contributed by atoms with Crippen LogP contribution in [-0.4, -0.2) is 51.8 Å². The monoisotopic (exact) mass is 256 g/mol. The van der Waals surface area contributed by atoms with E-state index in [2.05, 4.69) is 15.5 Å². The topological polar surface area (TPSA) is 109 Å². The molecule has 0 unspecified atom stereocenters. The fraction of sp³-hybridized carbons (Fsp3) is 0.600. The first-order valence-corrected chi connectivity index (χ1v) is 5.56. The number of carboxylic acids is 1. The van der Waals surface area contributed by atoms with Gasteiger partial charge < -0.3 is 19.8 Å². The Hall–Kier alpha value is -2.12. The van der Waals surface area contributed by atoms with Crippen LogP contribution in [0.25, 0.3) is 0 Å². The van der Waals surface area contributed by atoms with E-state index in [0.29, 0.717) is 31.2 Å². The zero-order valence-electron chi connectivity index (χ0n) is 10.3. The molecule has 8 heteroatoms. The molecule has 0 spiro atoms. The molecular weight excluding hydrogens is 240 g/mol. The third kappa shape index (κ3) is 4.40. The molecule has 100 valence electrons. The Morgan fingerprint density at radius 3 is 2.72 bits per heavy atom. The first-order valence-electron chi connectivity index (χ1n) is 5.56. The number of nitrogens with zero attached hydrogens (tertiary/aromatic N) is 3. The largest absolute Gasteiger partial charge is 0.480 e. The Bertz CT molecular complexity index is 418. The molecule has 2 amide bonds. The van der Waals surface area contributed by atoms with Gasteiger partial charge in [-0.25, -0.2) is 4.79 Å². The summed E-state index contributed by atoms with van der Waals surface area (Å²) >= 11 is 0. The van der Waals surface area contributed by atoms with Crippen molar-refractivity contribution in [2.24, 2.45) is 0 Å². The molecule has 18 heavy (non-hydrogen) atoms. The fourth-order valence-corrected chi connectivity index (χ4v) is 1.32. The molecule has 0 aliphatic carbocycles. The molecule has 0 aliphatic heterocycles. The average molecular weight is 256 g/mol. The van der Waals surface area contributed by atoms with Crippen LogP contribution in [0.1, 0.15) is 18.6 Å². The third-order valence-electron chi connectivity index (χ3n) is 2.18. The van der Waals surface area contributed by atoms with Crippen molar-refractivity contribution >= 4 is 12.0 Å². The summed E-state index contributed by atoms with van der Waals surface area (Å²) in [6, 6.07) is -0.420. The predicted octanol–water partition coefficient (Wildman–Crippen LogP) is 0.0366. The van der Waals surface area contributed by atoms with E-state index in [1.807, 2.05) is 0 Å². The minimum absolute atomic E-state index is 0.316. The SMILES string of the molecule is CCN(CC(=O)O)C(=O)NCCc1nc(C)no1. The fourth-order valence-electron chi connectivity index (χ4n) is 1.32. The van der Waals surface area contributed by atoms with Gasteiger partial charge in [0.05, 0.1) is 0 Å². The van der Waals surface area contributed by atoms with Gasteiger partial charge in [0.15, 0.2) is 5.82 Å². The second kappa shape index (κ2) is 6.58. The summed E-state index contributed by atoms with van der Waals surface area (Å²) < 4.78 is 4.88. The predicted molar refractivity (Wildman–Crippen MR) is 61.0 cm³/mol. The van der Waals surface area contributed by atoms with Crippen molar-refractivity contribution in [3.63, 3.8) is 0 Å². The number of amides is 2. The highest BCUT2D eigenvalue weighted by Crippen LogP contribution is 1.96. The van der Waals surface area contributed by atoms with Gasteiger partial charge in [-0.1, -0.05) is 5.16 Å². The molecule has 1 aromatic rings. The summed E-state index contributed by atoms with van der Waals surface area (Å²) in [4.78, 5) is 27.3. The van der Waals surface area contributed by atoms with Gasteiger partial charge in [-0.2, -0.15) is 4.98 Å². The smallest absolute Gasteiger partial charge is 0.323 e. The molecule has 0 aromatic carbocycles. The molecule has 0 radical (unpaired) electrons. The Morgan fingerprint density at radius 1 is 1.50 bits per heavy atom. The van der Waals surface area contributed by atoms with Gasteiger partial charge in [0.25, 0.3) is 0 Å². The highest BCUT2D eigenvalue weighted by Gasteiger charge is 2.14. The van der Waals surface area contributed by atoms with E-state index in [9.17, 15) is 9.59 Å². The number of hydrogen-bond acceptors (Lipinski definition) is 5. The van der Waals surface area contributed by atoms with Crippen molar-refractivity contribution < 1.29 is 19.2 Å². The Morgan fingerprint density at radius 2 is 2.22 bits per heavy atom. The minimum Gasteiger partial charge on any atom is -0.480 e. The molecule has 0 aliphatic rings. The molecule has 0 saturated heterocycles. The molecule has 0 fully saturated rings. The van der Waals surface area contributed by atoms with E-state index in [1.165, 1.54) is 4.90 Å². The van der Waals surface area contributed by atoms with Crippen LogP contribution in [0.4, 0.5) is 4.79 Å². The van der Waals surface area contributed by atoms with Gasteiger partial charge in [-0.3, -0.25) is 4.79 Å². The lowest BCUT2D eigenvalue weighted by atomic mass is 10.4. The molecule has 0 atom stereocenters. The standard InChI is InChI=1S/C10H16N4O4/c1-3-14(6-9(15)16)10(17)11-5-4-8-12-7(2)13-18-8/h3-6H2,1-2H3,(H,11,17)(H,15,16). The van der Waals surface area contributed by atoms with E-state index in [1.54, 1.807) is 13.8 Å². The summed E-state index contributed by atoms with van der Waals surface area (Å²) in [5, 5.41) is 14.8. The lowest BCUT2D eigenvalue weighted by Crippen LogP contribution is -2.43. The van der Waals surface area contributed by atoms with Crippen molar-refractivity contribution in [3.05, 3.63) is 11.7 Å². The van der Waals surface area contributed by atoms with Crippen molar-refractivity contribution in [3.8, 4) is 0 Å². The summed E-state index contributed by atoms with van der Waals surface area (Å²) in [5.74, 6) is -0.0639. The number of carbonyl (C=O) groups is 2. The third-order valence-corrected chi connectivity index (χ3v) is 2.18. The van der Waals surface area contributed by atoms with E-state index < -0.39 is 12.0 Å². The number of rotatable bonds is 6. The van der Waals surface area contributed by atoms with Crippen LogP contribution >= 0.6 is 0 Å². The van der Waals surface area contributed by atoms with Gasteiger partial charge in [0.2, 0.25) is 5.89 Å². The van der Waals surface area contributed by atoms with Crippen molar-refractivity contribution in [2.75, 3.05) is 19.6 Å². The normalized spacial score (nSPS) is 10.1. The van der Waals surface area contributed by atoms with Crippen molar-refractivity contribution in [1.82, 2.24) is 20.4 Å². The molecule has 1 heterocycles. The van der Waals surface area contributed by atoms with Gasteiger partial charge >= 0.3 is 12.0 Å². The van der Waals surface area contributed by atoms with Crippen LogP contribution in [0.5, 0.6) is 0 Å². The van der Waals surface area contributed by atoms with Crippen molar-refractivity contribution in [1.29, 1.82) is 0 Å². The van der Waals surface area contributed by atoms with Crippen molar-refractivity contribution in [2.45, 2.75) is 20.3 Å². The maximum atomic E-state index is 11.6. The Labute approximate surface area is 104 Å². The summed E-state index contributed by atoms with van der Waals surface area (Å²) in [7, 11) is 0. The molecule has 8 nitrogen and oxygen atoms in total. The van der Waals surface area contributed by atoms with Crippen LogP contribution in [0.15, 0.2) is 4.52 Å². The van der Waals surface area contributed by atoms with Gasteiger partial charge in [-0.05, 0) is 13.8 Å². The number of carboxylic acid groups (broad SMARTS) is 1. The second-order valence-electron chi connectivity index (χ2n) is 3.63. The highest BCUT2D eigenvalue weighted by atomic mass is 16.5. The molecule has 0 bridgehead atoms. The van der Waals surface area contributed by atoms with E-state index in [-0.39, 0.29) is 6.54 Å². The van der Waals surface area contributed by atoms with Gasteiger partial charge in [0, 0.05) is 19.5 Å². The molecular formula is C10H16N4O4. The molecule has 1 aromatic heterocycles. The lowest BCUT2D eigenvalue weighted by Gasteiger charge is -2.18. The van der Waals surface area contributed by atoms with Crippen LogP contribution in [-0.2, 0) is 11.2 Å². The maximum Gasteiger partial charge on any atom is 0.323 e. The molecule has 1 rings (SSSR count). The van der Waals surface area contributed by atoms with Crippen LogP contribution in [0, 0.1) is 6.92 Å². The molecule has 0 saturated carbocycles. The minimum atomic E-state index is -1.04. The first kappa shape index (κ1) is 13.9. The number of aliphatic carboxylic acids is 1. The number of aryl methyl sites for hydroxylation is 1. The zero-order valence-corrected chi connectivity index (χ0v) is 10.3. The summed E-state index contributed by atoms with van der Waals surface area (Å²) in [5.41, 5.74) is 0. The first-order chi connectivity index (χ1) is 8.52. The van der Waals surface area contributed by atoms with E-state index in [0.717, 1.165) is 0 Å². The maximum absolute atomic E-state index is 11.6. The Balaban J connectivity index is 2.33. The number of nitrogens with one attached hydrogen (secondary N) is 1. The lowest BCUT2D eigenvalue weighted by molar-refractivity contribution is -0.137. The van der Waals surface area contributed by atoms with E-state index >= 15 is 0 Å². The highest BCUT2D eigenvalue weighted by molar-refractivity contribution is 5.79.